The molecule has 0 unspecified atom stereocenters. The smallest absolute Gasteiger partial charge is 0.114 e. The first-order valence-electron chi connectivity index (χ1n) is 4.51. The summed E-state index contributed by atoms with van der Waals surface area (Å²) < 4.78 is 2.64. The zero-order valence-electron chi connectivity index (χ0n) is 7.97. The summed E-state index contributed by atoms with van der Waals surface area (Å²) in [5, 5.41) is 8.00. The minimum absolute atomic E-state index is 0.555. The number of rotatable bonds is 3. The lowest BCUT2D eigenvalue weighted by molar-refractivity contribution is 0.598. The second-order valence-electron chi connectivity index (χ2n) is 3.05. The van der Waals surface area contributed by atoms with Crippen LogP contribution < -0.4 is 5.73 Å². The van der Waals surface area contributed by atoms with Crippen molar-refractivity contribution >= 4 is 15.9 Å². The van der Waals surface area contributed by atoms with Crippen molar-refractivity contribution in [2.45, 2.75) is 6.54 Å². The maximum absolute atomic E-state index is 5.42. The summed E-state index contributed by atoms with van der Waals surface area (Å²) >= 11 is 3.36. The van der Waals surface area contributed by atoms with Crippen molar-refractivity contribution in [3.63, 3.8) is 0 Å². The molecule has 2 aromatic rings. The van der Waals surface area contributed by atoms with Crippen LogP contribution in [0.5, 0.6) is 0 Å². The van der Waals surface area contributed by atoms with Crippen LogP contribution >= 0.6 is 15.9 Å². The molecule has 78 valence electrons. The predicted molar refractivity (Wildman–Crippen MR) is 60.0 cm³/mol. The summed E-state index contributed by atoms with van der Waals surface area (Å²) in [5.41, 5.74) is 7.16. The van der Waals surface area contributed by atoms with Gasteiger partial charge in [0.25, 0.3) is 0 Å². The monoisotopic (exact) mass is 267 g/mol. The third kappa shape index (κ3) is 2.40. The number of nitrogens with zero attached hydrogens (tertiary/aromatic N) is 4. The Morgan fingerprint density at radius 3 is 3.00 bits per heavy atom. The van der Waals surface area contributed by atoms with Gasteiger partial charge in [0.2, 0.25) is 0 Å². The van der Waals surface area contributed by atoms with Crippen molar-refractivity contribution in [2.75, 3.05) is 6.54 Å². The highest BCUT2D eigenvalue weighted by molar-refractivity contribution is 9.10. The van der Waals surface area contributed by atoms with Crippen molar-refractivity contribution in [1.29, 1.82) is 0 Å². The lowest BCUT2D eigenvalue weighted by atomic mass is 10.2. The SMILES string of the molecule is NCCn1cc(-c2cncc(Br)c2)nn1. The van der Waals surface area contributed by atoms with Crippen LogP contribution in [0.25, 0.3) is 11.3 Å². The van der Waals surface area contributed by atoms with E-state index in [2.05, 4.69) is 31.2 Å². The molecule has 0 aliphatic heterocycles. The van der Waals surface area contributed by atoms with Gasteiger partial charge in [-0.2, -0.15) is 0 Å². The van der Waals surface area contributed by atoms with Crippen LogP contribution in [0.3, 0.4) is 0 Å². The molecule has 0 atom stereocenters. The summed E-state index contributed by atoms with van der Waals surface area (Å²) in [5.74, 6) is 0. The van der Waals surface area contributed by atoms with E-state index in [0.29, 0.717) is 13.1 Å². The van der Waals surface area contributed by atoms with Gasteiger partial charge in [-0.15, -0.1) is 5.10 Å². The zero-order valence-corrected chi connectivity index (χ0v) is 9.55. The van der Waals surface area contributed by atoms with Gasteiger partial charge in [-0.05, 0) is 22.0 Å². The van der Waals surface area contributed by atoms with Crippen molar-refractivity contribution in [3.8, 4) is 11.3 Å². The Kier molecular flexibility index (Phi) is 3.08. The Morgan fingerprint density at radius 1 is 1.40 bits per heavy atom. The number of pyridine rings is 1. The molecule has 6 heteroatoms. The largest absolute Gasteiger partial charge is 0.329 e. The van der Waals surface area contributed by atoms with Gasteiger partial charge in [0.05, 0.1) is 12.7 Å². The predicted octanol–water partition coefficient (Wildman–Crippen LogP) is 1.06. The summed E-state index contributed by atoms with van der Waals surface area (Å²) in [6.45, 7) is 1.23. The third-order valence-electron chi connectivity index (χ3n) is 1.90. The highest BCUT2D eigenvalue weighted by atomic mass is 79.9. The van der Waals surface area contributed by atoms with E-state index in [1.807, 2.05) is 12.3 Å². The molecule has 0 fully saturated rings. The molecule has 15 heavy (non-hydrogen) atoms. The summed E-state index contributed by atoms with van der Waals surface area (Å²) in [6, 6.07) is 1.95. The standard InChI is InChI=1S/C9H10BrN5/c10-8-3-7(4-12-5-8)9-6-15(2-1-11)14-13-9/h3-6H,1-2,11H2. The summed E-state index contributed by atoms with van der Waals surface area (Å²) in [4.78, 5) is 4.07. The minimum Gasteiger partial charge on any atom is -0.329 e. The average molecular weight is 268 g/mol. The third-order valence-corrected chi connectivity index (χ3v) is 2.33. The van der Waals surface area contributed by atoms with Crippen LogP contribution in [0.15, 0.2) is 29.1 Å². The minimum atomic E-state index is 0.555. The first-order valence-corrected chi connectivity index (χ1v) is 5.30. The Balaban J connectivity index is 2.29. The van der Waals surface area contributed by atoms with E-state index in [-0.39, 0.29) is 0 Å². The average Bonchev–Trinajstić information content (AvgIpc) is 2.67. The van der Waals surface area contributed by atoms with Gasteiger partial charge in [0, 0.05) is 29.0 Å². The molecule has 2 heterocycles. The van der Waals surface area contributed by atoms with E-state index in [1.165, 1.54) is 0 Å². The van der Waals surface area contributed by atoms with Crippen LogP contribution in [0.1, 0.15) is 0 Å². The first-order chi connectivity index (χ1) is 7.29. The van der Waals surface area contributed by atoms with E-state index in [9.17, 15) is 0 Å². The lowest BCUT2D eigenvalue weighted by Crippen LogP contribution is -2.10. The number of halogens is 1. The van der Waals surface area contributed by atoms with Gasteiger partial charge >= 0.3 is 0 Å². The molecule has 0 saturated carbocycles. The first kappa shape index (κ1) is 10.3. The Morgan fingerprint density at radius 2 is 2.27 bits per heavy atom. The topological polar surface area (TPSA) is 69.6 Å². The fraction of sp³-hybridized carbons (Fsp3) is 0.222. The normalized spacial score (nSPS) is 10.5. The lowest BCUT2D eigenvalue weighted by Gasteiger charge is -1.95. The van der Waals surface area contributed by atoms with Crippen LogP contribution in [-0.4, -0.2) is 26.5 Å². The second kappa shape index (κ2) is 4.50. The van der Waals surface area contributed by atoms with E-state index in [4.69, 9.17) is 5.73 Å². The Labute approximate surface area is 95.4 Å². The van der Waals surface area contributed by atoms with Crippen molar-refractivity contribution in [3.05, 3.63) is 29.1 Å². The fourth-order valence-electron chi connectivity index (χ4n) is 1.22. The molecule has 0 radical (unpaired) electrons. The van der Waals surface area contributed by atoms with E-state index in [0.717, 1.165) is 15.7 Å². The number of hydrogen-bond acceptors (Lipinski definition) is 4. The summed E-state index contributed by atoms with van der Waals surface area (Å²) in [6.07, 6.45) is 5.34. The van der Waals surface area contributed by atoms with Crippen LogP contribution in [0.4, 0.5) is 0 Å². The van der Waals surface area contributed by atoms with Gasteiger partial charge in [0.15, 0.2) is 0 Å². The molecule has 0 saturated heterocycles. The fourth-order valence-corrected chi connectivity index (χ4v) is 1.59. The Hall–Kier alpha value is -1.27. The molecular formula is C9H10BrN5. The van der Waals surface area contributed by atoms with Gasteiger partial charge in [0.1, 0.15) is 5.69 Å². The summed E-state index contributed by atoms with van der Waals surface area (Å²) in [7, 11) is 0. The van der Waals surface area contributed by atoms with Gasteiger partial charge in [-0.3, -0.25) is 9.67 Å². The molecule has 2 aromatic heterocycles. The molecule has 2 rings (SSSR count). The molecule has 0 amide bonds. The number of hydrogen-bond donors (Lipinski definition) is 1. The molecule has 5 nitrogen and oxygen atoms in total. The quantitative estimate of drug-likeness (QED) is 0.903. The van der Waals surface area contributed by atoms with Crippen LogP contribution in [0.2, 0.25) is 0 Å². The van der Waals surface area contributed by atoms with Crippen molar-refractivity contribution < 1.29 is 0 Å². The highest BCUT2D eigenvalue weighted by Gasteiger charge is 2.03. The molecule has 2 N–H and O–H groups in total. The van der Waals surface area contributed by atoms with E-state index in [1.54, 1.807) is 17.1 Å². The molecule has 0 bridgehead atoms. The molecule has 0 spiro atoms. The maximum Gasteiger partial charge on any atom is 0.114 e. The molecule has 0 aliphatic carbocycles. The van der Waals surface area contributed by atoms with Gasteiger partial charge in [-0.1, -0.05) is 5.21 Å². The van der Waals surface area contributed by atoms with Crippen molar-refractivity contribution in [2.24, 2.45) is 5.73 Å². The number of nitrogens with two attached hydrogens (primary N) is 1. The Bertz CT molecular complexity index is 453. The second-order valence-corrected chi connectivity index (χ2v) is 3.96. The van der Waals surface area contributed by atoms with Crippen LogP contribution in [-0.2, 0) is 6.54 Å². The van der Waals surface area contributed by atoms with E-state index >= 15 is 0 Å². The molecule has 0 aliphatic rings. The zero-order chi connectivity index (χ0) is 10.7. The van der Waals surface area contributed by atoms with Crippen LogP contribution in [0, 0.1) is 0 Å². The molecular weight excluding hydrogens is 258 g/mol. The number of aromatic nitrogens is 4. The van der Waals surface area contributed by atoms with E-state index < -0.39 is 0 Å². The molecule has 0 aromatic carbocycles. The maximum atomic E-state index is 5.42. The van der Waals surface area contributed by atoms with Gasteiger partial charge in [-0.25, -0.2) is 0 Å². The highest BCUT2D eigenvalue weighted by Crippen LogP contribution is 2.18. The van der Waals surface area contributed by atoms with Crippen molar-refractivity contribution in [1.82, 2.24) is 20.0 Å². The van der Waals surface area contributed by atoms with Gasteiger partial charge < -0.3 is 5.73 Å².